The number of piperidine rings is 1. The van der Waals surface area contributed by atoms with E-state index in [0.29, 0.717) is 49.4 Å². The fourth-order valence-electron chi connectivity index (χ4n) is 3.46. The monoisotopic (exact) mass is 418 g/mol. The predicted molar refractivity (Wildman–Crippen MR) is 94.6 cm³/mol. The van der Waals surface area contributed by atoms with Crippen molar-refractivity contribution in [3.05, 3.63) is 22.7 Å². The Morgan fingerprint density at radius 1 is 1.42 bits per heavy atom. The summed E-state index contributed by atoms with van der Waals surface area (Å²) in [5.74, 6) is 0.389. The second-order valence-electron chi connectivity index (χ2n) is 6.39. The third kappa shape index (κ3) is 3.48. The molecule has 1 aromatic rings. The summed E-state index contributed by atoms with van der Waals surface area (Å²) in [5, 5.41) is 0. The molecule has 0 aromatic heterocycles. The Labute approximate surface area is 151 Å². The molecule has 2 aliphatic rings. The fraction of sp³-hybridized carbons (Fsp3) is 0.625. The van der Waals surface area contributed by atoms with Crippen LogP contribution in [-0.2, 0) is 14.8 Å². The molecular weight excluding hydrogens is 396 g/mol. The fourth-order valence-corrected chi connectivity index (χ4v) is 5.57. The van der Waals surface area contributed by atoms with Gasteiger partial charge in [-0.25, -0.2) is 8.42 Å². The third-order valence-electron chi connectivity index (χ3n) is 4.69. The van der Waals surface area contributed by atoms with E-state index >= 15 is 0 Å². The van der Waals surface area contributed by atoms with Gasteiger partial charge in [0.15, 0.2) is 0 Å². The van der Waals surface area contributed by atoms with Crippen molar-refractivity contribution < 1.29 is 17.9 Å². The molecular formula is C16H23BrN2O4S. The lowest BCUT2D eigenvalue weighted by Gasteiger charge is -2.38. The minimum atomic E-state index is -3.61. The van der Waals surface area contributed by atoms with Gasteiger partial charge in [-0.2, -0.15) is 4.31 Å². The Bertz CT molecular complexity index is 702. The Morgan fingerprint density at radius 2 is 2.12 bits per heavy atom. The van der Waals surface area contributed by atoms with Gasteiger partial charge < -0.3 is 15.2 Å². The zero-order valence-electron chi connectivity index (χ0n) is 13.7. The summed E-state index contributed by atoms with van der Waals surface area (Å²) >= 11 is 3.35. The second kappa shape index (κ2) is 6.92. The SMILES string of the molecule is CCOc1ccc(Br)cc1S(=O)(=O)N1CCC2(CC1)CC(N)CO2. The molecule has 6 nitrogen and oxygen atoms in total. The molecule has 1 unspecified atom stereocenters. The van der Waals surface area contributed by atoms with Crippen molar-refractivity contribution in [2.45, 2.75) is 42.7 Å². The number of hydrogen-bond acceptors (Lipinski definition) is 5. The number of nitrogens with zero attached hydrogens (tertiary/aromatic N) is 1. The van der Waals surface area contributed by atoms with Gasteiger partial charge in [-0.3, -0.25) is 0 Å². The molecule has 1 spiro atoms. The van der Waals surface area contributed by atoms with Gasteiger partial charge in [0.1, 0.15) is 10.6 Å². The topological polar surface area (TPSA) is 81.9 Å². The molecule has 0 amide bonds. The van der Waals surface area contributed by atoms with Crippen LogP contribution >= 0.6 is 15.9 Å². The highest BCUT2D eigenvalue weighted by Gasteiger charge is 2.44. The summed E-state index contributed by atoms with van der Waals surface area (Å²) in [6.45, 7) is 3.69. The minimum Gasteiger partial charge on any atom is -0.492 e. The van der Waals surface area contributed by atoms with E-state index in [0.717, 1.165) is 6.42 Å². The largest absolute Gasteiger partial charge is 0.492 e. The van der Waals surface area contributed by atoms with Crippen LogP contribution in [-0.4, -0.2) is 50.7 Å². The summed E-state index contributed by atoms with van der Waals surface area (Å²) in [4.78, 5) is 0.207. The molecule has 2 heterocycles. The van der Waals surface area contributed by atoms with Gasteiger partial charge in [-0.05, 0) is 44.4 Å². The van der Waals surface area contributed by atoms with E-state index in [-0.39, 0.29) is 16.5 Å². The van der Waals surface area contributed by atoms with Crippen LogP contribution in [0.15, 0.2) is 27.6 Å². The molecule has 2 aliphatic heterocycles. The summed E-state index contributed by atoms with van der Waals surface area (Å²) in [5.41, 5.74) is 5.70. The average molecular weight is 419 g/mol. The zero-order valence-corrected chi connectivity index (χ0v) is 16.1. The lowest BCUT2D eigenvalue weighted by molar-refractivity contribution is -0.0310. The highest BCUT2D eigenvalue weighted by Crippen LogP contribution is 2.38. The molecule has 0 aliphatic carbocycles. The van der Waals surface area contributed by atoms with Gasteiger partial charge in [-0.1, -0.05) is 15.9 Å². The van der Waals surface area contributed by atoms with E-state index in [1.165, 1.54) is 4.31 Å². The number of ether oxygens (including phenoxy) is 2. The van der Waals surface area contributed by atoms with Gasteiger partial charge in [0.2, 0.25) is 10.0 Å². The Kier molecular flexibility index (Phi) is 5.22. The molecule has 2 saturated heterocycles. The van der Waals surface area contributed by atoms with Crippen LogP contribution in [0.3, 0.4) is 0 Å². The molecule has 134 valence electrons. The maximum atomic E-state index is 13.1. The summed E-state index contributed by atoms with van der Waals surface area (Å²) in [7, 11) is -3.61. The number of rotatable bonds is 4. The molecule has 24 heavy (non-hydrogen) atoms. The number of benzene rings is 1. The zero-order chi connectivity index (χ0) is 17.4. The first kappa shape index (κ1) is 18.1. The smallest absolute Gasteiger partial charge is 0.246 e. The molecule has 2 N–H and O–H groups in total. The standard InChI is InChI=1S/C16H23BrN2O4S/c1-2-22-14-4-3-12(17)9-15(14)24(20,21)19-7-5-16(6-8-19)10-13(18)11-23-16/h3-4,9,13H,2,5-8,10-11,18H2,1H3. The molecule has 2 fully saturated rings. The van der Waals surface area contributed by atoms with Crippen molar-refractivity contribution in [3.63, 3.8) is 0 Å². The molecule has 0 bridgehead atoms. The summed E-state index contributed by atoms with van der Waals surface area (Å²) < 4.78 is 39.7. The lowest BCUT2D eigenvalue weighted by atomic mass is 9.88. The molecule has 1 aromatic carbocycles. The van der Waals surface area contributed by atoms with Crippen LogP contribution in [0, 0.1) is 0 Å². The highest BCUT2D eigenvalue weighted by molar-refractivity contribution is 9.10. The quantitative estimate of drug-likeness (QED) is 0.809. The third-order valence-corrected chi connectivity index (χ3v) is 7.11. The van der Waals surface area contributed by atoms with Crippen LogP contribution in [0.1, 0.15) is 26.2 Å². The van der Waals surface area contributed by atoms with E-state index in [2.05, 4.69) is 15.9 Å². The molecule has 0 saturated carbocycles. The van der Waals surface area contributed by atoms with E-state index in [1.807, 2.05) is 6.92 Å². The predicted octanol–water partition coefficient (Wildman–Crippen LogP) is 2.12. The highest BCUT2D eigenvalue weighted by atomic mass is 79.9. The van der Waals surface area contributed by atoms with Gasteiger partial charge in [0, 0.05) is 23.6 Å². The van der Waals surface area contributed by atoms with Crippen LogP contribution in [0.5, 0.6) is 5.75 Å². The van der Waals surface area contributed by atoms with Crippen molar-refractivity contribution >= 4 is 26.0 Å². The first-order valence-corrected chi connectivity index (χ1v) is 10.4. The Morgan fingerprint density at radius 3 is 2.71 bits per heavy atom. The van der Waals surface area contributed by atoms with Gasteiger partial charge in [-0.15, -0.1) is 0 Å². The van der Waals surface area contributed by atoms with E-state index in [1.54, 1.807) is 18.2 Å². The van der Waals surface area contributed by atoms with Crippen LogP contribution < -0.4 is 10.5 Å². The lowest BCUT2D eigenvalue weighted by Crippen LogP contribution is -2.46. The normalized spacial score (nSPS) is 24.4. The number of nitrogens with two attached hydrogens (primary N) is 1. The van der Waals surface area contributed by atoms with Crippen molar-refractivity contribution in [1.29, 1.82) is 0 Å². The Hall–Kier alpha value is -0.670. The molecule has 3 rings (SSSR count). The van der Waals surface area contributed by atoms with E-state index in [4.69, 9.17) is 15.2 Å². The van der Waals surface area contributed by atoms with Crippen molar-refractivity contribution in [1.82, 2.24) is 4.31 Å². The van der Waals surface area contributed by atoms with Crippen LogP contribution in [0.4, 0.5) is 0 Å². The van der Waals surface area contributed by atoms with Gasteiger partial charge in [0.05, 0.1) is 18.8 Å². The van der Waals surface area contributed by atoms with Gasteiger partial charge in [0.25, 0.3) is 0 Å². The first-order chi connectivity index (χ1) is 11.4. The second-order valence-corrected chi connectivity index (χ2v) is 9.21. The number of halogens is 1. The molecule has 8 heteroatoms. The number of hydrogen-bond donors (Lipinski definition) is 1. The molecule has 1 atom stereocenters. The van der Waals surface area contributed by atoms with E-state index < -0.39 is 10.0 Å². The van der Waals surface area contributed by atoms with E-state index in [9.17, 15) is 8.42 Å². The van der Waals surface area contributed by atoms with Crippen molar-refractivity contribution in [2.24, 2.45) is 5.73 Å². The maximum Gasteiger partial charge on any atom is 0.246 e. The average Bonchev–Trinajstić information content (AvgIpc) is 2.90. The van der Waals surface area contributed by atoms with Crippen molar-refractivity contribution in [3.8, 4) is 5.75 Å². The summed E-state index contributed by atoms with van der Waals surface area (Å²) in [6.07, 6.45) is 2.16. The minimum absolute atomic E-state index is 0.0581. The van der Waals surface area contributed by atoms with Gasteiger partial charge >= 0.3 is 0 Å². The first-order valence-electron chi connectivity index (χ1n) is 8.18. The van der Waals surface area contributed by atoms with Crippen molar-refractivity contribution in [2.75, 3.05) is 26.3 Å². The number of sulfonamides is 1. The maximum absolute atomic E-state index is 13.1. The van der Waals surface area contributed by atoms with Crippen LogP contribution in [0.25, 0.3) is 0 Å². The molecule has 0 radical (unpaired) electrons. The summed E-state index contributed by atoms with van der Waals surface area (Å²) in [6, 6.07) is 5.13. The van der Waals surface area contributed by atoms with Crippen LogP contribution in [0.2, 0.25) is 0 Å². The Balaban J connectivity index is 1.81.